The highest BCUT2D eigenvalue weighted by atomic mass is 32.1. The predicted octanol–water partition coefficient (Wildman–Crippen LogP) is 5.02. The second-order valence-corrected chi connectivity index (χ2v) is 8.43. The van der Waals surface area contributed by atoms with Gasteiger partial charge in [0.1, 0.15) is 0 Å². The first-order chi connectivity index (χ1) is 15.1. The van der Waals surface area contributed by atoms with E-state index < -0.39 is 12.1 Å². The first-order valence-electron chi connectivity index (χ1n) is 10.3. The molecular weight excluding hydrogens is 408 g/mol. The molecule has 1 aliphatic rings. The van der Waals surface area contributed by atoms with Crippen molar-refractivity contribution in [2.24, 2.45) is 0 Å². The number of rotatable bonds is 6. The Bertz CT molecular complexity index is 1160. The number of fused-ring (bicyclic) bond motifs is 2. The Balaban J connectivity index is 1.77. The average Bonchev–Trinajstić information content (AvgIpc) is 3.29. The van der Waals surface area contributed by atoms with Gasteiger partial charge in [-0.25, -0.2) is 9.78 Å². The first kappa shape index (κ1) is 21.0. The zero-order chi connectivity index (χ0) is 21.8. The minimum Gasteiger partial charge on any atom is -0.449 e. The first-order valence-corrected chi connectivity index (χ1v) is 11.2. The van der Waals surface area contributed by atoms with E-state index in [2.05, 4.69) is 24.0 Å². The number of esters is 1. The third kappa shape index (κ3) is 4.44. The molecular formula is C25H24N2O3S. The molecule has 0 bridgehead atoms. The maximum atomic E-state index is 13.3. The van der Waals surface area contributed by atoms with Crippen LogP contribution in [0.1, 0.15) is 46.3 Å². The van der Waals surface area contributed by atoms with E-state index >= 15 is 0 Å². The fourth-order valence-corrected chi connectivity index (χ4v) is 4.52. The van der Waals surface area contributed by atoms with Gasteiger partial charge in [-0.05, 0) is 60.9 Å². The van der Waals surface area contributed by atoms with Crippen molar-refractivity contribution in [3.8, 4) is 0 Å². The van der Waals surface area contributed by atoms with E-state index in [1.807, 2.05) is 35.7 Å². The van der Waals surface area contributed by atoms with Crippen LogP contribution in [0.15, 0.2) is 54.4 Å². The molecule has 1 amide bonds. The van der Waals surface area contributed by atoms with Crippen LogP contribution in [0.2, 0.25) is 0 Å². The second-order valence-electron chi connectivity index (χ2n) is 7.45. The normalized spacial score (nSPS) is 15.3. The van der Waals surface area contributed by atoms with Gasteiger partial charge in [0, 0.05) is 16.8 Å². The summed E-state index contributed by atoms with van der Waals surface area (Å²) in [6.45, 7) is 5.48. The van der Waals surface area contributed by atoms with Crippen molar-refractivity contribution in [2.75, 3.05) is 6.54 Å². The van der Waals surface area contributed by atoms with E-state index in [0.29, 0.717) is 12.1 Å². The third-order valence-electron chi connectivity index (χ3n) is 5.31. The molecule has 1 atom stereocenters. The van der Waals surface area contributed by atoms with Crippen molar-refractivity contribution >= 4 is 45.8 Å². The molecule has 158 valence electrons. The number of hydrogen-bond acceptors (Lipinski definition) is 5. The molecule has 2 aromatic heterocycles. The van der Waals surface area contributed by atoms with Gasteiger partial charge in [0.15, 0.2) is 6.10 Å². The SMILES string of the molecule is C=CCNC(=O)[C@@H](C)OC(=O)c1c2c(nc3ccccc13)/C(=C\c1cccs1)CCC2. The summed E-state index contributed by atoms with van der Waals surface area (Å²) in [6.07, 6.45) is 5.42. The summed E-state index contributed by atoms with van der Waals surface area (Å²) >= 11 is 1.68. The topological polar surface area (TPSA) is 68.3 Å². The van der Waals surface area contributed by atoms with E-state index in [4.69, 9.17) is 9.72 Å². The van der Waals surface area contributed by atoms with Gasteiger partial charge in [0.2, 0.25) is 0 Å². The zero-order valence-corrected chi connectivity index (χ0v) is 18.2. The number of carbonyl (C=O) groups excluding carboxylic acids is 2. The summed E-state index contributed by atoms with van der Waals surface area (Å²) in [5.41, 5.74) is 4.14. The van der Waals surface area contributed by atoms with Gasteiger partial charge in [-0.2, -0.15) is 0 Å². The Kier molecular flexibility index (Phi) is 6.28. The number of aromatic nitrogens is 1. The van der Waals surface area contributed by atoms with Gasteiger partial charge in [-0.1, -0.05) is 30.3 Å². The number of amides is 1. The van der Waals surface area contributed by atoms with Gasteiger partial charge in [0.05, 0.1) is 16.8 Å². The number of para-hydroxylation sites is 1. The standard InChI is InChI=1S/C25H24N2O3S/c1-3-13-26-24(28)16(2)30-25(29)22-19-10-4-5-12-21(19)27-23-17(8-6-11-20(22)23)15-18-9-7-14-31-18/h3-5,7,9-10,12,14-16H,1,6,8,11,13H2,2H3,(H,26,28)/b17-15-/t16-/m1/s1. The molecule has 3 aromatic rings. The van der Waals surface area contributed by atoms with Crippen molar-refractivity contribution in [3.63, 3.8) is 0 Å². The lowest BCUT2D eigenvalue weighted by Crippen LogP contribution is -2.36. The lowest BCUT2D eigenvalue weighted by molar-refractivity contribution is -0.128. The van der Waals surface area contributed by atoms with Crippen LogP contribution in [0, 0.1) is 0 Å². The Morgan fingerprint density at radius 1 is 1.26 bits per heavy atom. The van der Waals surface area contributed by atoms with Crippen molar-refractivity contribution in [1.82, 2.24) is 10.3 Å². The number of carbonyl (C=O) groups is 2. The fraction of sp³-hybridized carbons (Fsp3) is 0.240. The van der Waals surface area contributed by atoms with Crippen molar-refractivity contribution in [3.05, 3.63) is 76.1 Å². The van der Waals surface area contributed by atoms with Crippen molar-refractivity contribution in [2.45, 2.75) is 32.3 Å². The Morgan fingerprint density at radius 2 is 2.10 bits per heavy atom. The average molecular weight is 433 g/mol. The van der Waals surface area contributed by atoms with Gasteiger partial charge in [-0.15, -0.1) is 17.9 Å². The van der Waals surface area contributed by atoms with E-state index in [1.54, 1.807) is 24.3 Å². The molecule has 0 saturated carbocycles. The van der Waals surface area contributed by atoms with E-state index in [9.17, 15) is 9.59 Å². The number of hydrogen-bond donors (Lipinski definition) is 1. The van der Waals surface area contributed by atoms with Crippen LogP contribution >= 0.6 is 11.3 Å². The summed E-state index contributed by atoms with van der Waals surface area (Å²) in [6, 6.07) is 11.7. The van der Waals surface area contributed by atoms with Crippen molar-refractivity contribution in [1.29, 1.82) is 0 Å². The summed E-state index contributed by atoms with van der Waals surface area (Å²) in [7, 11) is 0. The van der Waals surface area contributed by atoms with E-state index in [0.717, 1.165) is 51.9 Å². The molecule has 0 unspecified atom stereocenters. The van der Waals surface area contributed by atoms with Crippen LogP contribution in [0.5, 0.6) is 0 Å². The third-order valence-corrected chi connectivity index (χ3v) is 6.13. The predicted molar refractivity (Wildman–Crippen MR) is 125 cm³/mol. The smallest absolute Gasteiger partial charge is 0.339 e. The zero-order valence-electron chi connectivity index (χ0n) is 17.4. The quantitative estimate of drug-likeness (QED) is 0.439. The van der Waals surface area contributed by atoms with Crippen LogP contribution in [0.25, 0.3) is 22.6 Å². The minimum absolute atomic E-state index is 0.325. The number of nitrogens with one attached hydrogen (secondary N) is 1. The molecule has 1 aromatic carbocycles. The summed E-state index contributed by atoms with van der Waals surface area (Å²) < 4.78 is 5.58. The number of pyridine rings is 1. The van der Waals surface area contributed by atoms with Crippen LogP contribution in [-0.2, 0) is 16.0 Å². The highest BCUT2D eigenvalue weighted by Crippen LogP contribution is 2.37. The number of ether oxygens (including phenoxy) is 1. The van der Waals surface area contributed by atoms with Gasteiger partial charge in [0.25, 0.3) is 5.91 Å². The van der Waals surface area contributed by atoms with Gasteiger partial charge in [-0.3, -0.25) is 4.79 Å². The lowest BCUT2D eigenvalue weighted by Gasteiger charge is -2.23. The molecule has 0 fully saturated rings. The molecule has 5 nitrogen and oxygen atoms in total. The number of benzene rings is 1. The number of nitrogens with zero attached hydrogens (tertiary/aromatic N) is 1. The molecule has 4 rings (SSSR count). The Labute approximate surface area is 185 Å². The van der Waals surface area contributed by atoms with Crippen LogP contribution < -0.4 is 5.32 Å². The maximum Gasteiger partial charge on any atom is 0.339 e. The molecule has 1 aliphatic carbocycles. The largest absolute Gasteiger partial charge is 0.449 e. The highest BCUT2D eigenvalue weighted by Gasteiger charge is 2.28. The summed E-state index contributed by atoms with van der Waals surface area (Å²) in [5.74, 6) is -0.841. The number of thiophene rings is 1. The Morgan fingerprint density at radius 3 is 2.87 bits per heavy atom. The number of allylic oxidation sites excluding steroid dienone is 1. The summed E-state index contributed by atoms with van der Waals surface area (Å²) in [4.78, 5) is 31.5. The molecule has 2 heterocycles. The minimum atomic E-state index is -0.903. The van der Waals surface area contributed by atoms with Crippen LogP contribution in [0.3, 0.4) is 0 Å². The van der Waals surface area contributed by atoms with E-state index in [1.165, 1.54) is 0 Å². The molecule has 0 spiro atoms. The molecule has 6 heteroatoms. The molecule has 0 radical (unpaired) electrons. The van der Waals surface area contributed by atoms with Crippen LogP contribution in [-0.4, -0.2) is 29.5 Å². The maximum absolute atomic E-state index is 13.3. The summed E-state index contributed by atoms with van der Waals surface area (Å²) in [5, 5.41) is 5.47. The second kappa shape index (κ2) is 9.27. The molecule has 0 aliphatic heterocycles. The van der Waals surface area contributed by atoms with Gasteiger partial charge < -0.3 is 10.1 Å². The molecule has 0 saturated heterocycles. The van der Waals surface area contributed by atoms with Crippen molar-refractivity contribution < 1.29 is 14.3 Å². The van der Waals surface area contributed by atoms with E-state index in [-0.39, 0.29) is 5.91 Å². The lowest BCUT2D eigenvalue weighted by atomic mass is 9.86. The molecule has 1 N–H and O–H groups in total. The Hall–Kier alpha value is -3.25. The molecule has 31 heavy (non-hydrogen) atoms. The van der Waals surface area contributed by atoms with Gasteiger partial charge >= 0.3 is 5.97 Å². The van der Waals surface area contributed by atoms with Crippen LogP contribution in [0.4, 0.5) is 0 Å². The fourth-order valence-electron chi connectivity index (χ4n) is 3.84. The monoisotopic (exact) mass is 432 g/mol. The highest BCUT2D eigenvalue weighted by molar-refractivity contribution is 7.10.